The Balaban J connectivity index is 2.35. The topological polar surface area (TPSA) is 37.8 Å². The van der Waals surface area contributed by atoms with Gasteiger partial charge >= 0.3 is 0 Å². The Hall–Kier alpha value is -0.780. The molecule has 5 heteroatoms. The smallest absolute Gasteiger partial charge is 0.0804 e. The third kappa shape index (κ3) is 2.09. The lowest BCUT2D eigenvalue weighted by Gasteiger charge is -2.13. The Bertz CT molecular complexity index is 408. The predicted molar refractivity (Wildman–Crippen MR) is 64.5 cm³/mol. The zero-order valence-electron chi connectivity index (χ0n) is 8.73. The first-order valence-electron chi connectivity index (χ1n) is 4.87. The molecule has 80 valence electrons. The van der Waals surface area contributed by atoms with Gasteiger partial charge in [-0.25, -0.2) is 0 Å². The van der Waals surface area contributed by atoms with Crippen LogP contribution in [-0.2, 0) is 6.42 Å². The van der Waals surface area contributed by atoms with Crippen LogP contribution in [0.1, 0.15) is 29.1 Å². The van der Waals surface area contributed by atoms with Crippen LogP contribution >= 0.6 is 22.9 Å². The van der Waals surface area contributed by atoms with E-state index in [9.17, 15) is 0 Å². The Labute approximate surface area is 97.3 Å². The van der Waals surface area contributed by atoms with Crippen molar-refractivity contribution in [3.05, 3.63) is 33.0 Å². The van der Waals surface area contributed by atoms with Crippen molar-refractivity contribution in [1.29, 1.82) is 0 Å². The molecule has 0 bridgehead atoms. The van der Waals surface area contributed by atoms with E-state index in [1.54, 1.807) is 11.3 Å². The largest absolute Gasteiger partial charge is 0.309 e. The van der Waals surface area contributed by atoms with E-state index in [1.807, 2.05) is 7.05 Å². The van der Waals surface area contributed by atoms with Gasteiger partial charge in [0.05, 0.1) is 16.6 Å². The number of thiophene rings is 1. The molecule has 2 heterocycles. The van der Waals surface area contributed by atoms with E-state index in [0.29, 0.717) is 0 Å². The predicted octanol–water partition coefficient (Wildman–Crippen LogP) is 2.47. The molecule has 0 saturated heterocycles. The molecule has 0 aliphatic carbocycles. The maximum Gasteiger partial charge on any atom is 0.0804 e. The van der Waals surface area contributed by atoms with Crippen molar-refractivity contribution in [3.8, 4) is 0 Å². The highest BCUT2D eigenvalue weighted by Crippen LogP contribution is 2.28. The van der Waals surface area contributed by atoms with Gasteiger partial charge in [-0.2, -0.15) is 11.3 Å². The fourth-order valence-corrected chi connectivity index (χ4v) is 3.13. The van der Waals surface area contributed by atoms with E-state index < -0.39 is 0 Å². The molecular formula is C10H13N3S2. The second-order valence-electron chi connectivity index (χ2n) is 3.22. The fourth-order valence-electron chi connectivity index (χ4n) is 1.57. The van der Waals surface area contributed by atoms with Crippen molar-refractivity contribution in [1.82, 2.24) is 14.9 Å². The molecule has 0 aliphatic rings. The number of aryl methyl sites for hydroxylation is 1. The van der Waals surface area contributed by atoms with Gasteiger partial charge in [0, 0.05) is 0 Å². The van der Waals surface area contributed by atoms with Crippen LogP contribution in [0.25, 0.3) is 0 Å². The van der Waals surface area contributed by atoms with Gasteiger partial charge in [0.25, 0.3) is 0 Å². The quantitative estimate of drug-likeness (QED) is 0.890. The highest BCUT2D eigenvalue weighted by atomic mass is 32.1. The molecule has 1 N–H and O–H groups in total. The highest BCUT2D eigenvalue weighted by molar-refractivity contribution is 7.08. The lowest BCUT2D eigenvalue weighted by atomic mass is 10.1. The summed E-state index contributed by atoms with van der Waals surface area (Å²) >= 11 is 3.20. The average molecular weight is 239 g/mol. The molecule has 2 aromatic rings. The van der Waals surface area contributed by atoms with Crippen molar-refractivity contribution in [2.24, 2.45) is 0 Å². The Kier molecular flexibility index (Phi) is 3.45. The van der Waals surface area contributed by atoms with Crippen molar-refractivity contribution < 1.29 is 0 Å². The van der Waals surface area contributed by atoms with Crippen LogP contribution in [0.2, 0.25) is 0 Å². The molecule has 0 saturated carbocycles. The van der Waals surface area contributed by atoms with Gasteiger partial charge in [0.15, 0.2) is 0 Å². The Morgan fingerprint density at radius 3 is 3.00 bits per heavy atom. The summed E-state index contributed by atoms with van der Waals surface area (Å²) in [6.07, 6.45) is 0.939. The second kappa shape index (κ2) is 4.83. The van der Waals surface area contributed by atoms with Crippen molar-refractivity contribution in [2.45, 2.75) is 19.4 Å². The number of nitrogens with zero attached hydrogens (tertiary/aromatic N) is 2. The summed E-state index contributed by atoms with van der Waals surface area (Å²) in [4.78, 5) is 1.23. The van der Waals surface area contributed by atoms with Gasteiger partial charge in [0.2, 0.25) is 0 Å². The van der Waals surface area contributed by atoms with Crippen LogP contribution in [0.15, 0.2) is 16.8 Å². The van der Waals surface area contributed by atoms with E-state index in [2.05, 4.69) is 38.7 Å². The van der Waals surface area contributed by atoms with Crippen LogP contribution in [0.3, 0.4) is 0 Å². The van der Waals surface area contributed by atoms with Crippen LogP contribution < -0.4 is 5.32 Å². The van der Waals surface area contributed by atoms with Gasteiger partial charge < -0.3 is 5.32 Å². The molecule has 1 atom stereocenters. The van der Waals surface area contributed by atoms with Crippen molar-refractivity contribution in [3.63, 3.8) is 0 Å². The molecular weight excluding hydrogens is 226 g/mol. The summed E-state index contributed by atoms with van der Waals surface area (Å²) in [6, 6.07) is 2.39. The molecule has 0 aliphatic heterocycles. The first-order chi connectivity index (χ1) is 7.36. The maximum atomic E-state index is 4.15. The molecule has 15 heavy (non-hydrogen) atoms. The number of aromatic nitrogens is 2. The fraction of sp³-hybridized carbons (Fsp3) is 0.400. The lowest BCUT2D eigenvalue weighted by Crippen LogP contribution is -2.17. The van der Waals surface area contributed by atoms with E-state index in [4.69, 9.17) is 0 Å². The molecule has 0 radical (unpaired) electrons. The van der Waals surface area contributed by atoms with E-state index in [0.717, 1.165) is 12.1 Å². The zero-order valence-corrected chi connectivity index (χ0v) is 10.4. The number of nitrogens with one attached hydrogen (secondary N) is 1. The van der Waals surface area contributed by atoms with Crippen molar-refractivity contribution in [2.75, 3.05) is 7.05 Å². The highest BCUT2D eigenvalue weighted by Gasteiger charge is 2.18. The summed E-state index contributed by atoms with van der Waals surface area (Å²) in [6.45, 7) is 2.11. The lowest BCUT2D eigenvalue weighted by molar-refractivity contribution is 0.695. The normalized spacial score (nSPS) is 12.9. The van der Waals surface area contributed by atoms with Crippen LogP contribution in [0, 0.1) is 0 Å². The summed E-state index contributed by atoms with van der Waals surface area (Å²) in [5.74, 6) is 0. The monoisotopic (exact) mass is 239 g/mol. The standard InChI is InChI=1S/C10H13N3S2/c1-3-8-10(15-13-12-8)9(11-2)7-4-5-14-6-7/h4-6,9,11H,3H2,1-2H3. The summed E-state index contributed by atoms with van der Waals surface area (Å²) < 4.78 is 4.03. The molecule has 2 aromatic heterocycles. The van der Waals surface area contributed by atoms with Crippen LogP contribution in [0.5, 0.6) is 0 Å². The number of hydrogen-bond donors (Lipinski definition) is 1. The molecule has 0 amide bonds. The Morgan fingerprint density at radius 2 is 2.40 bits per heavy atom. The van der Waals surface area contributed by atoms with Gasteiger partial charge in [-0.05, 0) is 47.4 Å². The minimum absolute atomic E-state index is 0.242. The summed E-state index contributed by atoms with van der Waals surface area (Å²) in [5, 5.41) is 11.7. The van der Waals surface area contributed by atoms with E-state index >= 15 is 0 Å². The molecule has 3 nitrogen and oxygen atoms in total. The van der Waals surface area contributed by atoms with Gasteiger partial charge in [-0.15, -0.1) is 5.10 Å². The first-order valence-corrected chi connectivity index (χ1v) is 6.59. The molecule has 0 fully saturated rings. The van der Waals surface area contributed by atoms with Crippen LogP contribution in [-0.4, -0.2) is 16.6 Å². The van der Waals surface area contributed by atoms with E-state index in [1.165, 1.54) is 22.0 Å². The van der Waals surface area contributed by atoms with Gasteiger partial charge in [0.1, 0.15) is 0 Å². The zero-order chi connectivity index (χ0) is 10.7. The van der Waals surface area contributed by atoms with Crippen molar-refractivity contribution >= 4 is 22.9 Å². The van der Waals surface area contributed by atoms with E-state index in [-0.39, 0.29) is 6.04 Å². The minimum Gasteiger partial charge on any atom is -0.309 e. The summed E-state index contributed by atoms with van der Waals surface area (Å²) in [7, 11) is 1.97. The van der Waals surface area contributed by atoms with Crippen LogP contribution in [0.4, 0.5) is 0 Å². The summed E-state index contributed by atoms with van der Waals surface area (Å²) in [5.41, 5.74) is 2.40. The second-order valence-corrected chi connectivity index (χ2v) is 4.78. The minimum atomic E-state index is 0.242. The van der Waals surface area contributed by atoms with Gasteiger partial charge in [-0.1, -0.05) is 11.4 Å². The average Bonchev–Trinajstić information content (AvgIpc) is 2.89. The third-order valence-electron chi connectivity index (χ3n) is 2.35. The molecule has 0 spiro atoms. The molecule has 1 unspecified atom stereocenters. The van der Waals surface area contributed by atoms with Gasteiger partial charge in [-0.3, -0.25) is 0 Å². The number of rotatable bonds is 4. The number of hydrogen-bond acceptors (Lipinski definition) is 5. The first kappa shape index (κ1) is 10.7. The third-order valence-corrected chi connectivity index (χ3v) is 3.88. The molecule has 2 rings (SSSR count). The maximum absolute atomic E-state index is 4.15. The Morgan fingerprint density at radius 1 is 1.53 bits per heavy atom. The SMILES string of the molecule is CCc1nnsc1C(NC)c1ccsc1. The molecule has 0 aromatic carbocycles.